The number of aromatic nitrogens is 3. The number of thioether (sulfide) groups is 1. The van der Waals surface area contributed by atoms with Crippen LogP contribution < -0.4 is 0 Å². The molecule has 0 bridgehead atoms. The molecule has 2 saturated heterocycles. The van der Waals surface area contributed by atoms with Crippen LogP contribution in [0.1, 0.15) is 24.4 Å². The molecular formula is C18H21N5O3S. The molecule has 1 atom stereocenters. The van der Waals surface area contributed by atoms with Crippen molar-refractivity contribution in [1.29, 1.82) is 0 Å². The Labute approximate surface area is 161 Å². The van der Waals surface area contributed by atoms with Crippen molar-refractivity contribution >= 4 is 23.6 Å². The van der Waals surface area contributed by atoms with Gasteiger partial charge in [0.1, 0.15) is 0 Å². The van der Waals surface area contributed by atoms with Crippen LogP contribution in [-0.4, -0.2) is 62.2 Å². The number of hydrogen-bond donors (Lipinski definition) is 0. The standard InChI is InChI=1S/C18H21N5O3S/c1-13-20-21-17(26-13)27-11-15(24)23-9-6-18(12-23)5-8-22(16(18)25)10-14-4-2-3-7-19-14/h2-4,7H,5-6,8-12H2,1H3. The fourth-order valence-electron chi connectivity index (χ4n) is 3.75. The average molecular weight is 387 g/mol. The second-order valence-electron chi connectivity index (χ2n) is 7.02. The number of pyridine rings is 1. The van der Waals surface area contributed by atoms with Gasteiger partial charge in [-0.25, -0.2) is 0 Å². The summed E-state index contributed by atoms with van der Waals surface area (Å²) in [6.07, 6.45) is 3.25. The van der Waals surface area contributed by atoms with Crippen LogP contribution in [0.2, 0.25) is 0 Å². The fraction of sp³-hybridized carbons (Fsp3) is 0.500. The van der Waals surface area contributed by atoms with Gasteiger partial charge < -0.3 is 14.2 Å². The number of hydrogen-bond acceptors (Lipinski definition) is 7. The zero-order valence-corrected chi connectivity index (χ0v) is 15.9. The Morgan fingerprint density at radius 1 is 1.30 bits per heavy atom. The van der Waals surface area contributed by atoms with Gasteiger partial charge in [-0.05, 0) is 25.0 Å². The molecule has 9 heteroatoms. The van der Waals surface area contributed by atoms with Gasteiger partial charge in [0.15, 0.2) is 0 Å². The van der Waals surface area contributed by atoms with E-state index in [0.717, 1.165) is 18.5 Å². The molecule has 0 aromatic carbocycles. The van der Waals surface area contributed by atoms with Crippen LogP contribution in [0.15, 0.2) is 34.0 Å². The van der Waals surface area contributed by atoms with Crippen molar-refractivity contribution in [2.45, 2.75) is 31.5 Å². The molecule has 8 nitrogen and oxygen atoms in total. The van der Waals surface area contributed by atoms with Gasteiger partial charge in [-0.2, -0.15) is 0 Å². The monoisotopic (exact) mass is 387 g/mol. The van der Waals surface area contributed by atoms with Gasteiger partial charge in [-0.3, -0.25) is 14.6 Å². The lowest BCUT2D eigenvalue weighted by Gasteiger charge is -2.23. The number of amides is 2. The molecule has 2 aliphatic heterocycles. The van der Waals surface area contributed by atoms with Gasteiger partial charge >= 0.3 is 0 Å². The quantitative estimate of drug-likeness (QED) is 0.718. The van der Waals surface area contributed by atoms with Crippen LogP contribution in [0, 0.1) is 12.3 Å². The number of aryl methyl sites for hydroxylation is 1. The molecule has 27 heavy (non-hydrogen) atoms. The number of carbonyl (C=O) groups excluding carboxylic acids is 2. The van der Waals surface area contributed by atoms with E-state index in [1.54, 1.807) is 18.0 Å². The van der Waals surface area contributed by atoms with Gasteiger partial charge in [0.2, 0.25) is 17.7 Å². The molecule has 142 valence electrons. The minimum absolute atomic E-state index is 0.00343. The Kier molecular flexibility index (Phi) is 4.86. The third kappa shape index (κ3) is 3.69. The first-order valence-electron chi connectivity index (χ1n) is 8.96. The van der Waals surface area contributed by atoms with Gasteiger partial charge in [-0.15, -0.1) is 10.2 Å². The molecule has 0 aliphatic carbocycles. The van der Waals surface area contributed by atoms with Crippen molar-refractivity contribution in [3.63, 3.8) is 0 Å². The van der Waals surface area contributed by atoms with E-state index in [0.29, 0.717) is 37.3 Å². The van der Waals surface area contributed by atoms with Crippen LogP contribution in [0.4, 0.5) is 0 Å². The molecule has 0 radical (unpaired) electrons. The third-order valence-corrected chi connectivity index (χ3v) is 6.02. The molecule has 0 saturated carbocycles. The highest BCUT2D eigenvalue weighted by Gasteiger charge is 2.51. The van der Waals surface area contributed by atoms with E-state index in [9.17, 15) is 9.59 Å². The number of likely N-dealkylation sites (tertiary alicyclic amines) is 2. The van der Waals surface area contributed by atoms with E-state index in [4.69, 9.17) is 4.42 Å². The normalized spacial score (nSPS) is 22.2. The fourth-order valence-corrected chi connectivity index (χ4v) is 4.45. The molecule has 2 aliphatic rings. The van der Waals surface area contributed by atoms with E-state index in [1.165, 1.54) is 11.8 Å². The van der Waals surface area contributed by atoms with Crippen molar-refractivity contribution in [3.8, 4) is 0 Å². The highest BCUT2D eigenvalue weighted by molar-refractivity contribution is 7.99. The topological polar surface area (TPSA) is 92.4 Å². The summed E-state index contributed by atoms with van der Waals surface area (Å²) in [7, 11) is 0. The molecule has 1 spiro atoms. The van der Waals surface area contributed by atoms with E-state index >= 15 is 0 Å². The summed E-state index contributed by atoms with van der Waals surface area (Å²) in [5.74, 6) is 0.866. The summed E-state index contributed by atoms with van der Waals surface area (Å²) in [6.45, 7) is 4.07. The van der Waals surface area contributed by atoms with E-state index in [-0.39, 0.29) is 17.6 Å². The van der Waals surface area contributed by atoms with Crippen molar-refractivity contribution in [2.24, 2.45) is 5.41 Å². The Bertz CT molecular complexity index is 843. The average Bonchev–Trinajstić information content (AvgIpc) is 3.37. The summed E-state index contributed by atoms with van der Waals surface area (Å²) in [4.78, 5) is 33.5. The van der Waals surface area contributed by atoms with Crippen LogP contribution >= 0.6 is 11.8 Å². The molecule has 0 N–H and O–H groups in total. The minimum atomic E-state index is -0.434. The summed E-state index contributed by atoms with van der Waals surface area (Å²) in [5.41, 5.74) is 0.455. The Morgan fingerprint density at radius 3 is 2.89 bits per heavy atom. The Balaban J connectivity index is 1.34. The largest absolute Gasteiger partial charge is 0.416 e. The number of carbonyl (C=O) groups is 2. The Morgan fingerprint density at radius 2 is 2.15 bits per heavy atom. The van der Waals surface area contributed by atoms with Gasteiger partial charge in [0, 0.05) is 32.8 Å². The lowest BCUT2D eigenvalue weighted by Crippen LogP contribution is -2.38. The van der Waals surface area contributed by atoms with E-state index < -0.39 is 5.41 Å². The summed E-state index contributed by atoms with van der Waals surface area (Å²) in [6, 6.07) is 5.72. The Hall–Kier alpha value is -2.42. The van der Waals surface area contributed by atoms with Crippen LogP contribution in [0.3, 0.4) is 0 Å². The van der Waals surface area contributed by atoms with Gasteiger partial charge in [-0.1, -0.05) is 17.8 Å². The highest BCUT2D eigenvalue weighted by Crippen LogP contribution is 2.41. The van der Waals surface area contributed by atoms with E-state index in [1.807, 2.05) is 23.1 Å². The maximum absolute atomic E-state index is 13.0. The first-order chi connectivity index (χ1) is 13.1. The molecule has 1 unspecified atom stereocenters. The minimum Gasteiger partial charge on any atom is -0.416 e. The smallest absolute Gasteiger partial charge is 0.277 e. The molecule has 2 fully saturated rings. The lowest BCUT2D eigenvalue weighted by atomic mass is 9.85. The van der Waals surface area contributed by atoms with Crippen LogP contribution in [0.25, 0.3) is 0 Å². The number of rotatable bonds is 5. The zero-order valence-electron chi connectivity index (χ0n) is 15.1. The second kappa shape index (κ2) is 7.30. The summed E-state index contributed by atoms with van der Waals surface area (Å²) in [5, 5.41) is 8.04. The van der Waals surface area contributed by atoms with Crippen LogP contribution in [-0.2, 0) is 16.1 Å². The van der Waals surface area contributed by atoms with Gasteiger partial charge in [0.05, 0.1) is 23.4 Å². The second-order valence-corrected chi connectivity index (χ2v) is 7.95. The van der Waals surface area contributed by atoms with Gasteiger partial charge in [0.25, 0.3) is 5.22 Å². The third-order valence-electron chi connectivity index (χ3n) is 5.21. The van der Waals surface area contributed by atoms with Crippen molar-refractivity contribution < 1.29 is 14.0 Å². The maximum Gasteiger partial charge on any atom is 0.277 e. The molecule has 2 aromatic rings. The van der Waals surface area contributed by atoms with Crippen molar-refractivity contribution in [2.75, 3.05) is 25.4 Å². The summed E-state index contributed by atoms with van der Waals surface area (Å²) >= 11 is 1.24. The van der Waals surface area contributed by atoms with Crippen molar-refractivity contribution in [3.05, 3.63) is 36.0 Å². The van der Waals surface area contributed by atoms with E-state index in [2.05, 4.69) is 15.2 Å². The highest BCUT2D eigenvalue weighted by atomic mass is 32.2. The van der Waals surface area contributed by atoms with Crippen LogP contribution in [0.5, 0.6) is 0 Å². The number of nitrogens with zero attached hydrogens (tertiary/aromatic N) is 5. The predicted molar refractivity (Wildman–Crippen MR) is 97.7 cm³/mol. The molecule has 2 amide bonds. The maximum atomic E-state index is 13.0. The molecule has 4 rings (SSSR count). The zero-order chi connectivity index (χ0) is 18.9. The molecule has 2 aromatic heterocycles. The predicted octanol–water partition coefficient (Wildman–Crippen LogP) is 1.52. The molecular weight excluding hydrogens is 366 g/mol. The molecule has 4 heterocycles. The first-order valence-corrected chi connectivity index (χ1v) is 9.94. The first kappa shape index (κ1) is 18.0. The lowest BCUT2D eigenvalue weighted by molar-refractivity contribution is -0.136. The summed E-state index contributed by atoms with van der Waals surface area (Å²) < 4.78 is 5.28. The van der Waals surface area contributed by atoms with Crippen molar-refractivity contribution in [1.82, 2.24) is 25.0 Å². The SMILES string of the molecule is Cc1nnc(SCC(=O)N2CCC3(CCN(Cc4ccccn4)C3=O)C2)o1.